The smallest absolute Gasteiger partial charge is 0.318 e. The number of halogens is 1. The molecule has 158 valence electrons. The second-order valence-electron chi connectivity index (χ2n) is 8.67. The van der Waals surface area contributed by atoms with E-state index in [1.165, 1.54) is 11.8 Å². The van der Waals surface area contributed by atoms with E-state index >= 15 is 0 Å². The molecule has 0 amide bonds. The van der Waals surface area contributed by atoms with Crippen LogP contribution in [0, 0.1) is 12.3 Å². The number of aromatic nitrogens is 1. The standard InChI is InChI=1S/C26H25ClN2O2/c1-18-15-22-23(28-31-25(30)14-9-19-7-5-4-6-8-19)16-26(2,3)17-24(22)29(18)21-12-10-20(27)11-13-21/h4-15H,16-17H2,1-3H3/b14-9+,28-23+. The number of hydrogen-bond acceptors (Lipinski definition) is 3. The molecule has 1 aliphatic carbocycles. The minimum atomic E-state index is -0.491. The summed E-state index contributed by atoms with van der Waals surface area (Å²) in [6.07, 6.45) is 4.76. The van der Waals surface area contributed by atoms with Crippen LogP contribution in [0.25, 0.3) is 11.8 Å². The molecule has 0 saturated heterocycles. The molecule has 31 heavy (non-hydrogen) atoms. The van der Waals surface area contributed by atoms with Gasteiger partial charge in [0.05, 0.1) is 5.71 Å². The minimum absolute atomic E-state index is 0.00686. The first-order chi connectivity index (χ1) is 14.8. The Kier molecular flexibility index (Phi) is 5.84. The number of carbonyl (C=O) groups is 1. The Hall–Kier alpha value is -3.11. The van der Waals surface area contributed by atoms with Crippen molar-refractivity contribution in [2.75, 3.05) is 0 Å². The highest BCUT2D eigenvalue weighted by Gasteiger charge is 2.33. The molecule has 4 rings (SSSR count). The van der Waals surface area contributed by atoms with Crippen molar-refractivity contribution >= 4 is 29.4 Å². The Labute approximate surface area is 187 Å². The topological polar surface area (TPSA) is 43.6 Å². The fourth-order valence-corrected chi connectivity index (χ4v) is 4.19. The van der Waals surface area contributed by atoms with Gasteiger partial charge in [0, 0.05) is 33.7 Å². The number of benzene rings is 2. The maximum Gasteiger partial charge on any atom is 0.358 e. The summed E-state index contributed by atoms with van der Waals surface area (Å²) in [5, 5.41) is 4.98. The van der Waals surface area contributed by atoms with Crippen LogP contribution in [0.5, 0.6) is 0 Å². The van der Waals surface area contributed by atoms with Crippen LogP contribution in [-0.4, -0.2) is 16.2 Å². The summed E-state index contributed by atoms with van der Waals surface area (Å²) in [6.45, 7) is 6.49. The van der Waals surface area contributed by atoms with Gasteiger partial charge in [-0.15, -0.1) is 0 Å². The molecule has 4 nitrogen and oxygen atoms in total. The lowest BCUT2D eigenvalue weighted by Gasteiger charge is -2.31. The molecule has 5 heteroatoms. The number of fused-ring (bicyclic) bond motifs is 1. The quantitative estimate of drug-likeness (QED) is 0.273. The Morgan fingerprint density at radius 1 is 1.10 bits per heavy atom. The Bertz CT molecular complexity index is 1160. The van der Waals surface area contributed by atoms with Gasteiger partial charge in [0.1, 0.15) is 0 Å². The molecular weight excluding hydrogens is 408 g/mol. The third kappa shape index (κ3) is 4.80. The van der Waals surface area contributed by atoms with Crippen molar-refractivity contribution in [1.82, 2.24) is 4.57 Å². The van der Waals surface area contributed by atoms with Gasteiger partial charge in [-0.1, -0.05) is 60.9 Å². The predicted octanol–water partition coefficient (Wildman–Crippen LogP) is 6.37. The molecule has 2 aromatic carbocycles. The SMILES string of the molecule is Cc1cc2c(n1-c1ccc(Cl)cc1)CC(C)(C)C/C2=N\OC(=O)/C=C/c1ccccc1. The molecule has 0 unspecified atom stereocenters. The summed E-state index contributed by atoms with van der Waals surface area (Å²) in [6, 6.07) is 19.6. The van der Waals surface area contributed by atoms with Crippen molar-refractivity contribution in [2.45, 2.75) is 33.6 Å². The van der Waals surface area contributed by atoms with Crippen LogP contribution in [0.15, 0.2) is 71.9 Å². The highest BCUT2D eigenvalue weighted by molar-refractivity contribution is 6.30. The lowest BCUT2D eigenvalue weighted by Crippen LogP contribution is -2.28. The van der Waals surface area contributed by atoms with Crippen LogP contribution in [0.4, 0.5) is 0 Å². The maximum atomic E-state index is 12.2. The first kappa shape index (κ1) is 21.1. The van der Waals surface area contributed by atoms with E-state index in [-0.39, 0.29) is 5.41 Å². The van der Waals surface area contributed by atoms with Crippen LogP contribution in [-0.2, 0) is 16.1 Å². The number of nitrogens with zero attached hydrogens (tertiary/aromatic N) is 2. The maximum absolute atomic E-state index is 12.2. The van der Waals surface area contributed by atoms with Gasteiger partial charge < -0.3 is 9.40 Å². The molecule has 0 N–H and O–H groups in total. The van der Waals surface area contributed by atoms with Gasteiger partial charge in [-0.05, 0) is 67.2 Å². The molecule has 0 radical (unpaired) electrons. The van der Waals surface area contributed by atoms with Crippen LogP contribution < -0.4 is 0 Å². The summed E-state index contributed by atoms with van der Waals surface area (Å²) in [4.78, 5) is 17.5. The van der Waals surface area contributed by atoms with Gasteiger partial charge in [-0.3, -0.25) is 0 Å². The van der Waals surface area contributed by atoms with Crippen molar-refractivity contribution in [1.29, 1.82) is 0 Å². The summed E-state index contributed by atoms with van der Waals surface area (Å²) >= 11 is 6.08. The predicted molar refractivity (Wildman–Crippen MR) is 126 cm³/mol. The summed E-state index contributed by atoms with van der Waals surface area (Å²) < 4.78 is 2.24. The zero-order valence-corrected chi connectivity index (χ0v) is 18.7. The Morgan fingerprint density at radius 3 is 2.52 bits per heavy atom. The fourth-order valence-electron chi connectivity index (χ4n) is 4.07. The van der Waals surface area contributed by atoms with Crippen molar-refractivity contribution in [3.63, 3.8) is 0 Å². The van der Waals surface area contributed by atoms with Gasteiger partial charge in [0.2, 0.25) is 0 Å². The molecule has 3 aromatic rings. The third-order valence-electron chi connectivity index (χ3n) is 5.43. The van der Waals surface area contributed by atoms with Gasteiger partial charge in [-0.25, -0.2) is 4.79 Å². The largest absolute Gasteiger partial charge is 0.358 e. The third-order valence-corrected chi connectivity index (χ3v) is 5.68. The molecule has 0 aliphatic heterocycles. The summed E-state index contributed by atoms with van der Waals surface area (Å²) in [7, 11) is 0. The van der Waals surface area contributed by atoms with E-state index < -0.39 is 5.97 Å². The molecule has 0 atom stereocenters. The highest BCUT2D eigenvalue weighted by Crippen LogP contribution is 2.38. The number of carbonyl (C=O) groups excluding carboxylic acids is 1. The van der Waals surface area contributed by atoms with Crippen molar-refractivity contribution in [3.8, 4) is 5.69 Å². The van der Waals surface area contributed by atoms with Crippen molar-refractivity contribution in [3.05, 3.63) is 94.3 Å². The lowest BCUT2D eigenvalue weighted by atomic mass is 9.76. The van der Waals surface area contributed by atoms with Crippen LogP contribution in [0.2, 0.25) is 5.02 Å². The first-order valence-corrected chi connectivity index (χ1v) is 10.7. The summed E-state index contributed by atoms with van der Waals surface area (Å²) in [5.41, 5.74) is 6.09. The highest BCUT2D eigenvalue weighted by atomic mass is 35.5. The van der Waals surface area contributed by atoms with Gasteiger partial charge in [0.25, 0.3) is 0 Å². The Morgan fingerprint density at radius 2 is 1.81 bits per heavy atom. The minimum Gasteiger partial charge on any atom is -0.318 e. The van der Waals surface area contributed by atoms with E-state index in [1.807, 2.05) is 54.6 Å². The van der Waals surface area contributed by atoms with Gasteiger partial charge in [0.15, 0.2) is 0 Å². The second kappa shape index (κ2) is 8.56. The lowest BCUT2D eigenvalue weighted by molar-refractivity contribution is -0.137. The summed E-state index contributed by atoms with van der Waals surface area (Å²) in [5.74, 6) is -0.491. The van der Waals surface area contributed by atoms with E-state index in [0.29, 0.717) is 5.02 Å². The average molecular weight is 433 g/mol. The first-order valence-electron chi connectivity index (χ1n) is 10.3. The number of oxime groups is 1. The van der Waals surface area contributed by atoms with Gasteiger partial charge >= 0.3 is 5.97 Å². The van der Waals surface area contributed by atoms with Gasteiger partial charge in [-0.2, -0.15) is 0 Å². The average Bonchev–Trinajstić information content (AvgIpc) is 3.06. The molecular formula is C26H25ClN2O2. The van der Waals surface area contributed by atoms with Crippen LogP contribution in [0.3, 0.4) is 0 Å². The Balaban J connectivity index is 1.63. The van der Waals surface area contributed by atoms with Crippen LogP contribution in [0.1, 0.15) is 42.8 Å². The molecule has 0 fully saturated rings. The number of hydrogen-bond donors (Lipinski definition) is 0. The van der Waals surface area contributed by atoms with E-state index in [1.54, 1.807) is 6.08 Å². The molecule has 0 saturated carbocycles. The van der Waals surface area contributed by atoms with E-state index in [2.05, 4.69) is 36.6 Å². The van der Waals surface area contributed by atoms with E-state index in [9.17, 15) is 4.79 Å². The number of rotatable bonds is 4. The molecule has 1 aromatic heterocycles. The monoisotopic (exact) mass is 432 g/mol. The normalized spacial score (nSPS) is 16.5. The van der Waals surface area contributed by atoms with Crippen molar-refractivity contribution < 1.29 is 9.63 Å². The second-order valence-corrected chi connectivity index (χ2v) is 9.10. The number of aryl methyl sites for hydroxylation is 1. The zero-order chi connectivity index (χ0) is 22.0. The zero-order valence-electron chi connectivity index (χ0n) is 17.9. The van der Waals surface area contributed by atoms with Crippen molar-refractivity contribution in [2.24, 2.45) is 10.6 Å². The van der Waals surface area contributed by atoms with Crippen LogP contribution >= 0.6 is 11.6 Å². The molecule has 0 bridgehead atoms. The molecule has 1 aliphatic rings. The molecule has 0 spiro atoms. The molecule has 1 heterocycles. The van der Waals surface area contributed by atoms with E-state index in [4.69, 9.17) is 16.4 Å². The van der Waals surface area contributed by atoms with E-state index in [0.717, 1.165) is 41.1 Å². The fraction of sp³-hybridized carbons (Fsp3) is 0.231.